The molecule has 5 heteroatoms. The summed E-state index contributed by atoms with van der Waals surface area (Å²) in [5, 5.41) is 0. The van der Waals surface area contributed by atoms with E-state index < -0.39 is 0 Å². The minimum atomic E-state index is -0.165. The Morgan fingerprint density at radius 2 is 2.24 bits per heavy atom. The van der Waals surface area contributed by atoms with Crippen molar-refractivity contribution in [3.8, 4) is 0 Å². The maximum absolute atomic E-state index is 11.8. The number of imidazole rings is 1. The zero-order valence-corrected chi connectivity index (χ0v) is 9.01. The summed E-state index contributed by atoms with van der Waals surface area (Å²) in [6, 6.07) is 8.96. The summed E-state index contributed by atoms with van der Waals surface area (Å²) in [5.41, 5.74) is 7.74. The topological polar surface area (TPSA) is 77.0 Å². The molecule has 3 aromatic rings. The molecule has 0 amide bonds. The highest BCUT2D eigenvalue weighted by atomic mass is 16.3. The second kappa shape index (κ2) is 3.55. The zero-order valence-electron chi connectivity index (χ0n) is 9.01. The molecule has 3 rings (SSSR count). The molecule has 0 fully saturated rings. The van der Waals surface area contributed by atoms with Gasteiger partial charge in [0.2, 0.25) is 0 Å². The van der Waals surface area contributed by atoms with Crippen molar-refractivity contribution in [2.75, 3.05) is 5.73 Å². The third-order valence-electron chi connectivity index (χ3n) is 2.69. The summed E-state index contributed by atoms with van der Waals surface area (Å²) >= 11 is 0. The van der Waals surface area contributed by atoms with Crippen LogP contribution >= 0.6 is 0 Å². The Morgan fingerprint density at radius 3 is 3.00 bits per heavy atom. The largest absolute Gasteiger partial charge is 0.467 e. The summed E-state index contributed by atoms with van der Waals surface area (Å²) in [4.78, 5) is 14.6. The molecule has 2 heterocycles. The van der Waals surface area contributed by atoms with E-state index in [4.69, 9.17) is 10.2 Å². The highest BCUT2D eigenvalue weighted by Crippen LogP contribution is 2.15. The fourth-order valence-electron chi connectivity index (χ4n) is 1.89. The summed E-state index contributed by atoms with van der Waals surface area (Å²) in [6.07, 6.45) is 1.59. The molecule has 0 aliphatic rings. The Morgan fingerprint density at radius 1 is 1.35 bits per heavy atom. The van der Waals surface area contributed by atoms with Gasteiger partial charge in [0.25, 0.3) is 0 Å². The number of aromatic nitrogens is 2. The summed E-state index contributed by atoms with van der Waals surface area (Å²) in [6.45, 7) is 0.398. The fraction of sp³-hybridized carbons (Fsp3) is 0.0833. The van der Waals surface area contributed by atoms with Gasteiger partial charge in [-0.2, -0.15) is 0 Å². The molecule has 0 atom stereocenters. The first-order valence-corrected chi connectivity index (χ1v) is 5.24. The van der Waals surface area contributed by atoms with Crippen LogP contribution in [0.15, 0.2) is 45.8 Å². The van der Waals surface area contributed by atoms with Gasteiger partial charge in [0.1, 0.15) is 5.76 Å². The predicted octanol–water partition coefficient (Wildman–Crippen LogP) is 1.55. The number of nitrogens with two attached hydrogens (primary N) is 1. The van der Waals surface area contributed by atoms with Crippen LogP contribution in [0.25, 0.3) is 11.0 Å². The number of hydrogen-bond donors (Lipinski definition) is 2. The van der Waals surface area contributed by atoms with E-state index in [1.165, 1.54) is 0 Å². The molecule has 2 aromatic heterocycles. The number of nitrogens with one attached hydrogen (secondary N) is 1. The van der Waals surface area contributed by atoms with Crippen LogP contribution in [-0.4, -0.2) is 9.55 Å². The molecule has 5 nitrogen and oxygen atoms in total. The van der Waals surface area contributed by atoms with Crippen molar-refractivity contribution < 1.29 is 4.42 Å². The molecule has 0 aliphatic carbocycles. The number of furan rings is 1. The lowest BCUT2D eigenvalue weighted by atomic mass is 10.3. The Balaban J connectivity index is 2.17. The molecule has 0 spiro atoms. The van der Waals surface area contributed by atoms with Crippen LogP contribution in [0.4, 0.5) is 5.69 Å². The van der Waals surface area contributed by atoms with Crippen molar-refractivity contribution in [1.82, 2.24) is 9.55 Å². The number of benzene rings is 1. The number of rotatable bonds is 2. The van der Waals surface area contributed by atoms with Gasteiger partial charge in [-0.25, -0.2) is 4.79 Å². The zero-order chi connectivity index (χ0) is 11.8. The van der Waals surface area contributed by atoms with Gasteiger partial charge in [0.15, 0.2) is 0 Å². The molecule has 3 N–H and O–H groups in total. The van der Waals surface area contributed by atoms with Gasteiger partial charge in [-0.15, -0.1) is 0 Å². The first kappa shape index (κ1) is 9.77. The minimum Gasteiger partial charge on any atom is -0.467 e. The van der Waals surface area contributed by atoms with Crippen LogP contribution in [0.1, 0.15) is 5.76 Å². The maximum atomic E-state index is 11.8. The SMILES string of the molecule is Nc1ccc2[nH]c(=O)n(Cc3ccco3)c2c1. The molecule has 0 saturated carbocycles. The van der Waals surface area contributed by atoms with Crippen molar-refractivity contribution in [1.29, 1.82) is 0 Å². The molecule has 0 aliphatic heterocycles. The Hall–Kier alpha value is -2.43. The molecule has 0 unspecified atom stereocenters. The fourth-order valence-corrected chi connectivity index (χ4v) is 1.89. The second-order valence-corrected chi connectivity index (χ2v) is 3.87. The van der Waals surface area contributed by atoms with Gasteiger partial charge in [-0.3, -0.25) is 4.57 Å². The van der Waals surface area contributed by atoms with Gasteiger partial charge < -0.3 is 15.1 Å². The summed E-state index contributed by atoms with van der Waals surface area (Å²) in [5.74, 6) is 0.732. The first-order chi connectivity index (χ1) is 8.24. The number of nitrogen functional groups attached to an aromatic ring is 1. The van der Waals surface area contributed by atoms with E-state index in [2.05, 4.69) is 4.98 Å². The van der Waals surface area contributed by atoms with E-state index in [0.717, 1.165) is 16.8 Å². The van der Waals surface area contributed by atoms with E-state index >= 15 is 0 Å². The van der Waals surface area contributed by atoms with Gasteiger partial charge in [-0.1, -0.05) is 0 Å². The van der Waals surface area contributed by atoms with Crippen LogP contribution in [-0.2, 0) is 6.54 Å². The molecule has 0 saturated heterocycles. The van der Waals surface area contributed by atoms with Crippen LogP contribution in [0.5, 0.6) is 0 Å². The van der Waals surface area contributed by atoms with Gasteiger partial charge in [0.05, 0.1) is 23.8 Å². The van der Waals surface area contributed by atoms with Crippen LogP contribution in [0, 0.1) is 0 Å². The number of H-pyrrole nitrogens is 1. The summed E-state index contributed by atoms with van der Waals surface area (Å²) in [7, 11) is 0. The lowest BCUT2D eigenvalue weighted by molar-refractivity contribution is 0.493. The van der Waals surface area contributed by atoms with Crippen molar-refractivity contribution in [2.45, 2.75) is 6.54 Å². The van der Waals surface area contributed by atoms with E-state index in [1.807, 2.05) is 6.07 Å². The smallest absolute Gasteiger partial charge is 0.326 e. The van der Waals surface area contributed by atoms with E-state index in [9.17, 15) is 4.79 Å². The van der Waals surface area contributed by atoms with Crippen LogP contribution < -0.4 is 11.4 Å². The van der Waals surface area contributed by atoms with Gasteiger partial charge in [0, 0.05) is 5.69 Å². The number of anilines is 1. The minimum absolute atomic E-state index is 0.165. The molecular weight excluding hydrogens is 218 g/mol. The monoisotopic (exact) mass is 229 g/mol. The Kier molecular flexibility index (Phi) is 2.04. The number of hydrogen-bond acceptors (Lipinski definition) is 3. The maximum Gasteiger partial charge on any atom is 0.326 e. The first-order valence-electron chi connectivity index (χ1n) is 5.24. The number of nitrogens with zero attached hydrogens (tertiary/aromatic N) is 1. The quantitative estimate of drug-likeness (QED) is 0.654. The Labute approximate surface area is 96.5 Å². The van der Waals surface area contributed by atoms with Crippen LogP contribution in [0.3, 0.4) is 0 Å². The van der Waals surface area contributed by atoms with Crippen molar-refractivity contribution in [3.63, 3.8) is 0 Å². The molecule has 17 heavy (non-hydrogen) atoms. The summed E-state index contributed by atoms with van der Waals surface area (Å²) < 4.78 is 6.84. The molecule has 0 bridgehead atoms. The second-order valence-electron chi connectivity index (χ2n) is 3.87. The number of aromatic amines is 1. The highest BCUT2D eigenvalue weighted by molar-refractivity contribution is 5.79. The van der Waals surface area contributed by atoms with E-state index in [0.29, 0.717) is 12.2 Å². The van der Waals surface area contributed by atoms with Crippen molar-refractivity contribution in [2.24, 2.45) is 0 Å². The molecule has 0 radical (unpaired) electrons. The van der Waals surface area contributed by atoms with Crippen LogP contribution in [0.2, 0.25) is 0 Å². The van der Waals surface area contributed by atoms with E-state index in [-0.39, 0.29) is 5.69 Å². The lowest BCUT2D eigenvalue weighted by Gasteiger charge is -2.01. The lowest BCUT2D eigenvalue weighted by Crippen LogP contribution is -2.17. The van der Waals surface area contributed by atoms with E-state index in [1.54, 1.807) is 35.1 Å². The average molecular weight is 229 g/mol. The highest BCUT2D eigenvalue weighted by Gasteiger charge is 2.08. The third-order valence-corrected chi connectivity index (χ3v) is 2.69. The number of fused-ring (bicyclic) bond motifs is 1. The van der Waals surface area contributed by atoms with Crippen molar-refractivity contribution in [3.05, 3.63) is 52.8 Å². The van der Waals surface area contributed by atoms with Gasteiger partial charge in [-0.05, 0) is 30.3 Å². The third kappa shape index (κ3) is 1.61. The van der Waals surface area contributed by atoms with Crippen molar-refractivity contribution >= 4 is 16.7 Å². The molecule has 1 aromatic carbocycles. The Bertz CT molecular complexity index is 707. The predicted molar refractivity (Wildman–Crippen MR) is 64.8 cm³/mol. The molecule has 86 valence electrons. The normalized spacial score (nSPS) is 11.1. The average Bonchev–Trinajstić information content (AvgIpc) is 2.90. The van der Waals surface area contributed by atoms with Gasteiger partial charge >= 0.3 is 5.69 Å². The standard InChI is InChI=1S/C12H11N3O2/c13-8-3-4-10-11(6-8)15(12(16)14-10)7-9-2-1-5-17-9/h1-6H,7,13H2,(H,14,16). The molecular formula is C12H11N3O2.